The quantitative estimate of drug-likeness (QED) is 0.599. The van der Waals surface area contributed by atoms with Gasteiger partial charge in [-0.3, -0.25) is 14.9 Å². The van der Waals surface area contributed by atoms with Crippen molar-refractivity contribution in [3.8, 4) is 5.75 Å². The summed E-state index contributed by atoms with van der Waals surface area (Å²) in [6.07, 6.45) is 0. The topological polar surface area (TPSA) is 81.5 Å². The van der Waals surface area contributed by atoms with Crippen LogP contribution in [0.15, 0.2) is 40.9 Å². The van der Waals surface area contributed by atoms with Crippen molar-refractivity contribution < 1.29 is 14.5 Å². The standard InChI is InChI=1S/C15H12BrClN2O4/c1-9-6-11(3-4-13(9)17)23-8-15(20)18-14-5-2-10(19(21)22)7-12(14)16/h2-7H,8H2,1H3,(H,18,20). The molecule has 0 aliphatic rings. The Balaban J connectivity index is 1.97. The van der Waals surface area contributed by atoms with Crippen molar-refractivity contribution in [3.05, 3.63) is 61.6 Å². The molecule has 0 atom stereocenters. The van der Waals surface area contributed by atoms with E-state index in [1.807, 2.05) is 6.92 Å². The van der Waals surface area contributed by atoms with E-state index in [9.17, 15) is 14.9 Å². The molecule has 2 aromatic carbocycles. The maximum Gasteiger partial charge on any atom is 0.270 e. The molecule has 6 nitrogen and oxygen atoms in total. The van der Waals surface area contributed by atoms with Crippen LogP contribution in [0.25, 0.3) is 0 Å². The first-order valence-corrected chi connectivity index (χ1v) is 7.66. The van der Waals surface area contributed by atoms with Crippen molar-refractivity contribution in [2.75, 3.05) is 11.9 Å². The number of nitro benzene ring substituents is 1. The van der Waals surface area contributed by atoms with Gasteiger partial charge < -0.3 is 10.1 Å². The SMILES string of the molecule is Cc1cc(OCC(=O)Nc2ccc([N+](=O)[O-])cc2Br)ccc1Cl. The van der Waals surface area contributed by atoms with Gasteiger partial charge in [0, 0.05) is 21.6 Å². The fraction of sp³-hybridized carbons (Fsp3) is 0.133. The summed E-state index contributed by atoms with van der Waals surface area (Å²) < 4.78 is 5.80. The van der Waals surface area contributed by atoms with Crippen LogP contribution in [0.2, 0.25) is 5.02 Å². The molecule has 0 saturated heterocycles. The predicted octanol–water partition coefficient (Wildman–Crippen LogP) is 4.34. The smallest absolute Gasteiger partial charge is 0.270 e. The van der Waals surface area contributed by atoms with Crippen molar-refractivity contribution in [2.45, 2.75) is 6.92 Å². The number of nitro groups is 1. The Morgan fingerprint density at radius 3 is 2.70 bits per heavy atom. The lowest BCUT2D eigenvalue weighted by molar-refractivity contribution is -0.384. The molecule has 120 valence electrons. The largest absolute Gasteiger partial charge is 0.484 e. The molecule has 0 saturated carbocycles. The van der Waals surface area contributed by atoms with E-state index >= 15 is 0 Å². The highest BCUT2D eigenvalue weighted by molar-refractivity contribution is 9.10. The fourth-order valence-electron chi connectivity index (χ4n) is 1.76. The summed E-state index contributed by atoms with van der Waals surface area (Å²) in [5.41, 5.74) is 1.21. The Bertz CT molecular complexity index is 767. The lowest BCUT2D eigenvalue weighted by Gasteiger charge is -2.09. The van der Waals surface area contributed by atoms with Crippen LogP contribution in [0.5, 0.6) is 5.75 Å². The number of hydrogen-bond donors (Lipinski definition) is 1. The van der Waals surface area contributed by atoms with Crippen LogP contribution < -0.4 is 10.1 Å². The third kappa shape index (κ3) is 4.67. The number of benzene rings is 2. The zero-order chi connectivity index (χ0) is 17.0. The van der Waals surface area contributed by atoms with Gasteiger partial charge in [-0.1, -0.05) is 11.6 Å². The Hall–Kier alpha value is -2.12. The molecular weight excluding hydrogens is 388 g/mol. The Labute approximate surface area is 145 Å². The van der Waals surface area contributed by atoms with Crippen LogP contribution >= 0.6 is 27.5 Å². The minimum Gasteiger partial charge on any atom is -0.484 e. The second-order valence-corrected chi connectivity index (χ2v) is 5.93. The molecule has 0 heterocycles. The summed E-state index contributed by atoms with van der Waals surface area (Å²) in [4.78, 5) is 22.0. The highest BCUT2D eigenvalue weighted by Gasteiger charge is 2.11. The number of amides is 1. The molecule has 0 bridgehead atoms. The summed E-state index contributed by atoms with van der Waals surface area (Å²) in [5, 5.41) is 13.9. The Morgan fingerprint density at radius 2 is 2.09 bits per heavy atom. The molecule has 0 unspecified atom stereocenters. The van der Waals surface area contributed by atoms with Gasteiger partial charge >= 0.3 is 0 Å². The molecule has 23 heavy (non-hydrogen) atoms. The first kappa shape index (κ1) is 17.2. The van der Waals surface area contributed by atoms with Crippen LogP contribution in [0.4, 0.5) is 11.4 Å². The molecule has 0 aliphatic carbocycles. The molecule has 1 N–H and O–H groups in total. The average molecular weight is 400 g/mol. The molecule has 0 fully saturated rings. The maximum absolute atomic E-state index is 11.9. The van der Waals surface area contributed by atoms with Gasteiger partial charge in [0.05, 0.1) is 10.6 Å². The number of anilines is 1. The van der Waals surface area contributed by atoms with E-state index in [2.05, 4.69) is 21.2 Å². The first-order valence-electron chi connectivity index (χ1n) is 6.49. The number of hydrogen-bond acceptors (Lipinski definition) is 4. The number of halogens is 2. The third-order valence-corrected chi connectivity index (χ3v) is 4.02. The monoisotopic (exact) mass is 398 g/mol. The van der Waals surface area contributed by atoms with E-state index in [-0.39, 0.29) is 18.2 Å². The van der Waals surface area contributed by atoms with Gasteiger partial charge in [-0.05, 0) is 52.7 Å². The van der Waals surface area contributed by atoms with Gasteiger partial charge in [-0.25, -0.2) is 0 Å². The average Bonchev–Trinajstić information content (AvgIpc) is 2.50. The van der Waals surface area contributed by atoms with Crippen molar-refractivity contribution in [1.82, 2.24) is 0 Å². The van der Waals surface area contributed by atoms with Gasteiger partial charge in [0.2, 0.25) is 0 Å². The zero-order valence-corrected chi connectivity index (χ0v) is 14.3. The van der Waals surface area contributed by atoms with Crippen LogP contribution in [0, 0.1) is 17.0 Å². The minimum absolute atomic E-state index is 0.0669. The maximum atomic E-state index is 11.9. The first-order chi connectivity index (χ1) is 10.9. The second-order valence-electron chi connectivity index (χ2n) is 4.67. The number of non-ortho nitro benzene ring substituents is 1. The summed E-state index contributed by atoms with van der Waals surface area (Å²) in [5.74, 6) is 0.150. The van der Waals surface area contributed by atoms with Gasteiger partial charge in [0.15, 0.2) is 6.61 Å². The van der Waals surface area contributed by atoms with Crippen molar-refractivity contribution >= 4 is 44.8 Å². The van der Waals surface area contributed by atoms with Crippen LogP contribution in [0.1, 0.15) is 5.56 Å². The summed E-state index contributed by atoms with van der Waals surface area (Å²) >= 11 is 9.10. The number of carbonyl (C=O) groups excluding carboxylic acids is 1. The van der Waals surface area contributed by atoms with Crippen molar-refractivity contribution in [1.29, 1.82) is 0 Å². The van der Waals surface area contributed by atoms with E-state index in [4.69, 9.17) is 16.3 Å². The van der Waals surface area contributed by atoms with Crippen LogP contribution in [-0.2, 0) is 4.79 Å². The molecule has 2 rings (SSSR count). The molecule has 0 aliphatic heterocycles. The second kappa shape index (κ2) is 7.43. The number of aryl methyl sites for hydroxylation is 1. The lowest BCUT2D eigenvalue weighted by atomic mass is 10.2. The van der Waals surface area contributed by atoms with Gasteiger partial charge in [0.1, 0.15) is 5.75 Å². The number of nitrogens with one attached hydrogen (secondary N) is 1. The van der Waals surface area contributed by atoms with Crippen LogP contribution in [0.3, 0.4) is 0 Å². The normalized spacial score (nSPS) is 10.2. The summed E-state index contributed by atoms with van der Waals surface area (Å²) in [7, 11) is 0. The molecule has 2 aromatic rings. The van der Waals surface area contributed by atoms with E-state index in [0.29, 0.717) is 20.9 Å². The molecule has 0 spiro atoms. The molecular formula is C15H12BrClN2O4. The molecule has 0 aromatic heterocycles. The molecule has 1 amide bonds. The van der Waals surface area contributed by atoms with E-state index in [0.717, 1.165) is 5.56 Å². The zero-order valence-electron chi connectivity index (χ0n) is 12.0. The predicted molar refractivity (Wildman–Crippen MR) is 91.1 cm³/mol. The fourth-order valence-corrected chi connectivity index (χ4v) is 2.34. The van der Waals surface area contributed by atoms with Crippen LogP contribution in [-0.4, -0.2) is 17.4 Å². The van der Waals surface area contributed by atoms with E-state index in [1.165, 1.54) is 18.2 Å². The molecule has 0 radical (unpaired) electrons. The van der Waals surface area contributed by atoms with Crippen molar-refractivity contribution in [3.63, 3.8) is 0 Å². The lowest BCUT2D eigenvalue weighted by Crippen LogP contribution is -2.20. The van der Waals surface area contributed by atoms with E-state index < -0.39 is 4.92 Å². The minimum atomic E-state index is -0.512. The highest BCUT2D eigenvalue weighted by Crippen LogP contribution is 2.27. The van der Waals surface area contributed by atoms with E-state index in [1.54, 1.807) is 18.2 Å². The number of rotatable bonds is 5. The van der Waals surface area contributed by atoms with Gasteiger partial charge in [-0.2, -0.15) is 0 Å². The highest BCUT2D eigenvalue weighted by atomic mass is 79.9. The Morgan fingerprint density at radius 1 is 1.35 bits per heavy atom. The third-order valence-electron chi connectivity index (χ3n) is 2.94. The molecule has 8 heteroatoms. The Kier molecular flexibility index (Phi) is 5.57. The van der Waals surface area contributed by atoms with Gasteiger partial charge in [-0.15, -0.1) is 0 Å². The van der Waals surface area contributed by atoms with Crippen molar-refractivity contribution in [2.24, 2.45) is 0 Å². The summed E-state index contributed by atoms with van der Waals surface area (Å²) in [6, 6.07) is 9.17. The number of nitrogens with zero attached hydrogens (tertiary/aromatic N) is 1. The summed E-state index contributed by atoms with van der Waals surface area (Å²) in [6.45, 7) is 1.65. The number of ether oxygens (including phenoxy) is 1. The van der Waals surface area contributed by atoms with Gasteiger partial charge in [0.25, 0.3) is 11.6 Å². The number of carbonyl (C=O) groups is 1.